The first-order chi connectivity index (χ1) is 8.06. The summed E-state index contributed by atoms with van der Waals surface area (Å²) in [5, 5.41) is 3.39. The zero-order valence-corrected chi connectivity index (χ0v) is 11.7. The van der Waals surface area contributed by atoms with Crippen LogP contribution in [0.5, 0.6) is 5.75 Å². The third-order valence-corrected chi connectivity index (χ3v) is 3.08. The van der Waals surface area contributed by atoms with E-state index in [-0.39, 0.29) is 6.10 Å². The van der Waals surface area contributed by atoms with Gasteiger partial charge in [-0.3, -0.25) is 0 Å². The number of para-hydroxylation sites is 1. The fourth-order valence-electron chi connectivity index (χ4n) is 1.86. The van der Waals surface area contributed by atoms with Crippen LogP contribution in [-0.2, 0) is 0 Å². The van der Waals surface area contributed by atoms with Gasteiger partial charge in [0.1, 0.15) is 11.9 Å². The molecule has 1 rings (SSSR count). The molecule has 2 atom stereocenters. The largest absolute Gasteiger partial charge is 0.489 e. The summed E-state index contributed by atoms with van der Waals surface area (Å²) in [4.78, 5) is 0. The summed E-state index contributed by atoms with van der Waals surface area (Å²) < 4.78 is 6.06. The van der Waals surface area contributed by atoms with Gasteiger partial charge in [-0.1, -0.05) is 39.0 Å². The van der Waals surface area contributed by atoms with Gasteiger partial charge in [0.15, 0.2) is 0 Å². The molecule has 2 heteroatoms. The van der Waals surface area contributed by atoms with Gasteiger partial charge in [0.05, 0.1) is 0 Å². The highest BCUT2D eigenvalue weighted by atomic mass is 16.5. The average Bonchev–Trinajstić information content (AvgIpc) is 2.29. The number of hydrogen-bond acceptors (Lipinski definition) is 2. The van der Waals surface area contributed by atoms with Crippen molar-refractivity contribution >= 4 is 0 Å². The van der Waals surface area contributed by atoms with E-state index in [4.69, 9.17) is 4.74 Å². The average molecular weight is 235 g/mol. The van der Waals surface area contributed by atoms with Gasteiger partial charge in [0.2, 0.25) is 0 Å². The number of likely N-dealkylation sites (N-methyl/N-ethyl adjacent to an activating group) is 1. The van der Waals surface area contributed by atoms with Gasteiger partial charge in [-0.05, 0) is 37.9 Å². The van der Waals surface area contributed by atoms with Crippen molar-refractivity contribution in [1.82, 2.24) is 5.32 Å². The summed E-state index contributed by atoms with van der Waals surface area (Å²) in [6.45, 7) is 11.8. The predicted octanol–water partition coefficient (Wildman–Crippen LogP) is 3.58. The van der Waals surface area contributed by atoms with Crippen LogP contribution < -0.4 is 10.1 Å². The Hall–Kier alpha value is -1.02. The van der Waals surface area contributed by atoms with Gasteiger partial charge in [-0.15, -0.1) is 0 Å². The Bertz CT molecular complexity index is 335. The normalized spacial score (nSPS) is 14.7. The lowest BCUT2D eigenvalue weighted by Crippen LogP contribution is -2.38. The van der Waals surface area contributed by atoms with E-state index in [2.05, 4.69) is 58.1 Å². The van der Waals surface area contributed by atoms with Crippen LogP contribution in [0, 0.1) is 0 Å². The highest BCUT2D eigenvalue weighted by molar-refractivity contribution is 5.35. The second kappa shape index (κ2) is 6.65. The lowest BCUT2D eigenvalue weighted by atomic mass is 10.0. The first-order valence-corrected chi connectivity index (χ1v) is 6.55. The molecule has 1 aromatic carbocycles. The Kier molecular flexibility index (Phi) is 5.49. The Labute approximate surface area is 105 Å². The summed E-state index contributed by atoms with van der Waals surface area (Å²) in [5.41, 5.74) is 1.28. The molecule has 0 saturated heterocycles. The molecule has 0 radical (unpaired) electrons. The third kappa shape index (κ3) is 4.04. The summed E-state index contributed by atoms with van der Waals surface area (Å²) in [6, 6.07) is 8.67. The van der Waals surface area contributed by atoms with E-state index in [1.807, 2.05) is 6.07 Å². The Morgan fingerprint density at radius 2 is 1.76 bits per heavy atom. The number of rotatable bonds is 6. The molecule has 0 saturated carbocycles. The molecule has 0 spiro atoms. The van der Waals surface area contributed by atoms with Crippen LogP contribution in [0.1, 0.15) is 46.1 Å². The van der Waals surface area contributed by atoms with Crippen molar-refractivity contribution in [1.29, 1.82) is 0 Å². The minimum atomic E-state index is 0.176. The second-order valence-electron chi connectivity index (χ2n) is 4.86. The summed E-state index contributed by atoms with van der Waals surface area (Å²) in [5.74, 6) is 1.51. The molecule has 0 aliphatic rings. The van der Waals surface area contributed by atoms with Crippen LogP contribution in [0.3, 0.4) is 0 Å². The molecular formula is C15H25NO. The van der Waals surface area contributed by atoms with Crippen LogP contribution >= 0.6 is 0 Å². The standard InChI is InChI=1S/C15H25NO/c1-6-16-12(4)13(5)17-15-10-8-7-9-14(15)11(2)3/h7-13,16H,6H2,1-5H3. The lowest BCUT2D eigenvalue weighted by molar-refractivity contribution is 0.177. The smallest absolute Gasteiger partial charge is 0.123 e. The Morgan fingerprint density at radius 1 is 1.12 bits per heavy atom. The maximum atomic E-state index is 6.06. The second-order valence-corrected chi connectivity index (χ2v) is 4.86. The molecule has 0 aromatic heterocycles. The maximum absolute atomic E-state index is 6.06. The molecule has 1 aromatic rings. The Morgan fingerprint density at radius 3 is 2.35 bits per heavy atom. The van der Waals surface area contributed by atoms with E-state index in [0.717, 1.165) is 12.3 Å². The van der Waals surface area contributed by atoms with Gasteiger partial charge in [0.25, 0.3) is 0 Å². The zero-order valence-electron chi connectivity index (χ0n) is 11.7. The number of ether oxygens (including phenoxy) is 1. The van der Waals surface area contributed by atoms with Crippen molar-refractivity contribution in [2.45, 2.75) is 52.7 Å². The molecule has 0 aliphatic heterocycles. The van der Waals surface area contributed by atoms with Crippen LogP contribution in [0.25, 0.3) is 0 Å². The van der Waals surface area contributed by atoms with Crippen molar-refractivity contribution in [2.75, 3.05) is 6.54 Å². The van der Waals surface area contributed by atoms with E-state index >= 15 is 0 Å². The maximum Gasteiger partial charge on any atom is 0.123 e. The van der Waals surface area contributed by atoms with Crippen LogP contribution in [0.2, 0.25) is 0 Å². The molecule has 0 amide bonds. The minimum Gasteiger partial charge on any atom is -0.489 e. The number of benzene rings is 1. The molecule has 96 valence electrons. The fourth-order valence-corrected chi connectivity index (χ4v) is 1.86. The van der Waals surface area contributed by atoms with Crippen molar-refractivity contribution in [3.05, 3.63) is 29.8 Å². The van der Waals surface area contributed by atoms with Crippen molar-refractivity contribution < 1.29 is 4.74 Å². The molecule has 0 aliphatic carbocycles. The van der Waals surface area contributed by atoms with Gasteiger partial charge in [0, 0.05) is 6.04 Å². The van der Waals surface area contributed by atoms with Crippen molar-refractivity contribution in [2.24, 2.45) is 0 Å². The number of hydrogen-bond donors (Lipinski definition) is 1. The first kappa shape index (κ1) is 14.0. The van der Waals surface area contributed by atoms with Crippen molar-refractivity contribution in [3.8, 4) is 5.75 Å². The minimum absolute atomic E-state index is 0.176. The molecule has 17 heavy (non-hydrogen) atoms. The van der Waals surface area contributed by atoms with Gasteiger partial charge < -0.3 is 10.1 Å². The van der Waals surface area contributed by atoms with E-state index in [1.54, 1.807) is 0 Å². The van der Waals surface area contributed by atoms with Gasteiger partial charge in [-0.2, -0.15) is 0 Å². The predicted molar refractivity (Wildman–Crippen MR) is 73.8 cm³/mol. The number of nitrogens with one attached hydrogen (secondary N) is 1. The van der Waals surface area contributed by atoms with Crippen LogP contribution in [0.15, 0.2) is 24.3 Å². The third-order valence-electron chi connectivity index (χ3n) is 3.08. The van der Waals surface area contributed by atoms with E-state index in [9.17, 15) is 0 Å². The molecule has 2 nitrogen and oxygen atoms in total. The molecule has 0 bridgehead atoms. The zero-order chi connectivity index (χ0) is 12.8. The summed E-state index contributed by atoms with van der Waals surface area (Å²) in [6.07, 6.45) is 0.176. The summed E-state index contributed by atoms with van der Waals surface area (Å²) in [7, 11) is 0. The quantitative estimate of drug-likeness (QED) is 0.814. The van der Waals surface area contributed by atoms with Crippen LogP contribution in [-0.4, -0.2) is 18.7 Å². The van der Waals surface area contributed by atoms with E-state index in [1.165, 1.54) is 5.56 Å². The molecule has 0 heterocycles. The molecule has 2 unspecified atom stereocenters. The highest BCUT2D eigenvalue weighted by Crippen LogP contribution is 2.27. The van der Waals surface area contributed by atoms with Crippen LogP contribution in [0.4, 0.5) is 0 Å². The molecule has 0 fully saturated rings. The topological polar surface area (TPSA) is 21.3 Å². The highest BCUT2D eigenvalue weighted by Gasteiger charge is 2.15. The Balaban J connectivity index is 2.74. The monoisotopic (exact) mass is 235 g/mol. The van der Waals surface area contributed by atoms with E-state index < -0.39 is 0 Å². The van der Waals surface area contributed by atoms with E-state index in [0.29, 0.717) is 12.0 Å². The first-order valence-electron chi connectivity index (χ1n) is 6.55. The van der Waals surface area contributed by atoms with Gasteiger partial charge >= 0.3 is 0 Å². The SMILES string of the molecule is CCNC(C)C(C)Oc1ccccc1C(C)C. The summed E-state index contributed by atoms with van der Waals surface area (Å²) >= 11 is 0. The molecular weight excluding hydrogens is 210 g/mol. The van der Waals surface area contributed by atoms with Gasteiger partial charge in [-0.25, -0.2) is 0 Å². The lowest BCUT2D eigenvalue weighted by Gasteiger charge is -2.24. The fraction of sp³-hybridized carbons (Fsp3) is 0.600. The van der Waals surface area contributed by atoms with Crippen molar-refractivity contribution in [3.63, 3.8) is 0 Å². The molecule has 1 N–H and O–H groups in total.